The first-order chi connectivity index (χ1) is 18.7. The highest BCUT2D eigenvalue weighted by molar-refractivity contribution is 6.02. The normalized spacial score (nSPS) is 13.1. The molecule has 0 unspecified atom stereocenters. The number of amides is 4. The number of alkyl carbamates (subject to hydrolysis) is 2. The van der Waals surface area contributed by atoms with Crippen LogP contribution >= 0.6 is 0 Å². The first kappa shape index (κ1) is 35.2. The minimum Gasteiger partial charge on any atom is -0.462 e. The minimum atomic E-state index is -0.961. The average molecular weight is 579 g/mol. The van der Waals surface area contributed by atoms with E-state index in [4.69, 9.17) is 14.2 Å². The number of ether oxygens (including phenoxy) is 3. The summed E-state index contributed by atoms with van der Waals surface area (Å²) >= 11 is 0. The SMILES string of the molecule is CCOC(=O)c1cc(NC(=O)[C@@H](NC(=O)OC(C)(C)C)C(C)C)cc(NC(=O)[C@@H](NC(=O)OC(C)(C)C)C(C)C)c1. The van der Waals surface area contributed by atoms with E-state index in [1.807, 2.05) is 0 Å². The molecule has 0 spiro atoms. The van der Waals surface area contributed by atoms with Crippen LogP contribution in [-0.4, -0.2) is 59.9 Å². The molecule has 0 fully saturated rings. The van der Waals surface area contributed by atoms with Crippen molar-refractivity contribution in [2.75, 3.05) is 17.2 Å². The van der Waals surface area contributed by atoms with Crippen LogP contribution in [0.25, 0.3) is 0 Å². The molecule has 0 heterocycles. The molecule has 0 radical (unpaired) electrons. The molecule has 0 bridgehead atoms. The van der Waals surface area contributed by atoms with Crippen molar-refractivity contribution in [3.05, 3.63) is 23.8 Å². The monoisotopic (exact) mass is 578 g/mol. The number of rotatable bonds is 10. The molecular formula is C29H46N4O8. The predicted octanol–water partition coefficient (Wildman–Crippen LogP) is 4.84. The van der Waals surface area contributed by atoms with Gasteiger partial charge in [-0.1, -0.05) is 27.7 Å². The highest BCUT2D eigenvalue weighted by Crippen LogP contribution is 2.22. The lowest BCUT2D eigenvalue weighted by atomic mass is 10.0. The maximum absolute atomic E-state index is 13.2. The molecule has 1 aromatic carbocycles. The molecule has 1 aromatic rings. The van der Waals surface area contributed by atoms with E-state index >= 15 is 0 Å². The highest BCUT2D eigenvalue weighted by atomic mass is 16.6. The van der Waals surface area contributed by atoms with Crippen LogP contribution in [0.5, 0.6) is 0 Å². The quantitative estimate of drug-likeness (QED) is 0.227. The van der Waals surface area contributed by atoms with E-state index in [0.29, 0.717) is 0 Å². The van der Waals surface area contributed by atoms with E-state index < -0.39 is 53.3 Å². The van der Waals surface area contributed by atoms with Gasteiger partial charge in [0, 0.05) is 11.4 Å². The summed E-state index contributed by atoms with van der Waals surface area (Å²) in [5.41, 5.74) is -1.09. The van der Waals surface area contributed by atoms with Gasteiger partial charge in [0.05, 0.1) is 12.2 Å². The number of carbonyl (C=O) groups is 5. The van der Waals surface area contributed by atoms with Crippen LogP contribution in [0.15, 0.2) is 18.2 Å². The molecule has 12 nitrogen and oxygen atoms in total. The summed E-state index contributed by atoms with van der Waals surface area (Å²) in [6.07, 6.45) is -1.51. The van der Waals surface area contributed by atoms with Crippen LogP contribution < -0.4 is 21.3 Å². The Labute approximate surface area is 242 Å². The zero-order chi connectivity index (χ0) is 31.7. The van der Waals surface area contributed by atoms with Gasteiger partial charge >= 0.3 is 18.2 Å². The number of esters is 1. The molecule has 41 heavy (non-hydrogen) atoms. The van der Waals surface area contributed by atoms with Crippen molar-refractivity contribution in [3.8, 4) is 0 Å². The summed E-state index contributed by atoms with van der Waals surface area (Å²) in [6.45, 7) is 19.0. The van der Waals surface area contributed by atoms with Gasteiger partial charge in [0.1, 0.15) is 23.3 Å². The second-order valence-corrected chi connectivity index (χ2v) is 12.2. The van der Waals surface area contributed by atoms with E-state index in [9.17, 15) is 24.0 Å². The van der Waals surface area contributed by atoms with Crippen molar-refractivity contribution in [1.82, 2.24) is 10.6 Å². The van der Waals surface area contributed by atoms with Crippen LogP contribution in [0.3, 0.4) is 0 Å². The first-order valence-corrected chi connectivity index (χ1v) is 13.6. The molecule has 0 aliphatic heterocycles. The number of carbonyl (C=O) groups excluding carboxylic acids is 5. The molecule has 0 aliphatic carbocycles. The summed E-state index contributed by atoms with van der Waals surface area (Å²) in [7, 11) is 0. The summed E-state index contributed by atoms with van der Waals surface area (Å²) in [5, 5.41) is 10.5. The van der Waals surface area contributed by atoms with Gasteiger partial charge in [-0.3, -0.25) is 9.59 Å². The number of benzene rings is 1. The minimum absolute atomic E-state index is 0.0716. The van der Waals surface area contributed by atoms with Crippen molar-refractivity contribution < 1.29 is 38.2 Å². The third-order valence-corrected chi connectivity index (χ3v) is 5.22. The summed E-state index contributed by atoms with van der Waals surface area (Å²) in [6, 6.07) is 2.33. The Morgan fingerprint density at radius 3 is 1.34 bits per heavy atom. The maximum atomic E-state index is 13.2. The second-order valence-electron chi connectivity index (χ2n) is 12.2. The Morgan fingerprint density at radius 2 is 1.05 bits per heavy atom. The zero-order valence-electron chi connectivity index (χ0n) is 26.0. The topological polar surface area (TPSA) is 161 Å². The van der Waals surface area contributed by atoms with Gasteiger partial charge < -0.3 is 35.5 Å². The van der Waals surface area contributed by atoms with Gasteiger partial charge in [0.2, 0.25) is 11.8 Å². The largest absolute Gasteiger partial charge is 0.462 e. The van der Waals surface area contributed by atoms with Gasteiger partial charge in [-0.2, -0.15) is 0 Å². The molecule has 1 rings (SSSR count). The zero-order valence-corrected chi connectivity index (χ0v) is 26.0. The Bertz CT molecular complexity index is 1030. The van der Waals surface area contributed by atoms with Crippen molar-refractivity contribution >= 4 is 41.3 Å². The summed E-state index contributed by atoms with van der Waals surface area (Å²) in [5.74, 6) is -2.40. The standard InChI is InChI=1S/C29H46N4O8/c1-12-39-25(36)18-13-19(30-23(34)21(16(2)3)32-26(37)40-28(6,7)8)15-20(14-18)31-24(35)22(17(4)5)33-27(38)41-29(9,10)11/h13-17,21-22H,12H2,1-11H3,(H,30,34)(H,31,35)(H,32,37)(H,33,38)/t21-,22-/m0/s1. The van der Waals surface area contributed by atoms with E-state index in [1.165, 1.54) is 18.2 Å². The molecule has 12 heteroatoms. The molecule has 4 N–H and O–H groups in total. The number of nitrogens with one attached hydrogen (secondary N) is 4. The molecule has 2 atom stereocenters. The fourth-order valence-electron chi connectivity index (χ4n) is 3.48. The average Bonchev–Trinajstić information content (AvgIpc) is 2.78. The van der Waals surface area contributed by atoms with Gasteiger partial charge in [-0.05, 0) is 78.5 Å². The summed E-state index contributed by atoms with van der Waals surface area (Å²) in [4.78, 5) is 63.6. The van der Waals surface area contributed by atoms with E-state index in [2.05, 4.69) is 21.3 Å². The molecule has 0 saturated carbocycles. The second kappa shape index (κ2) is 14.7. The Morgan fingerprint density at radius 1 is 0.683 bits per heavy atom. The molecular weight excluding hydrogens is 532 g/mol. The van der Waals surface area contributed by atoms with Crippen LogP contribution in [0.1, 0.15) is 86.5 Å². The van der Waals surface area contributed by atoms with Crippen molar-refractivity contribution in [1.29, 1.82) is 0 Å². The van der Waals surface area contributed by atoms with Gasteiger partial charge in [-0.25, -0.2) is 14.4 Å². The third kappa shape index (κ3) is 12.9. The molecule has 230 valence electrons. The lowest BCUT2D eigenvalue weighted by Gasteiger charge is -2.26. The van der Waals surface area contributed by atoms with Crippen LogP contribution in [-0.2, 0) is 23.8 Å². The lowest BCUT2D eigenvalue weighted by Crippen LogP contribution is -2.48. The van der Waals surface area contributed by atoms with Crippen molar-refractivity contribution in [2.45, 2.75) is 99.4 Å². The molecule has 0 aromatic heterocycles. The maximum Gasteiger partial charge on any atom is 0.408 e. The molecule has 4 amide bonds. The lowest BCUT2D eigenvalue weighted by molar-refractivity contribution is -0.119. The van der Waals surface area contributed by atoms with Crippen LogP contribution in [0.2, 0.25) is 0 Å². The predicted molar refractivity (Wildman–Crippen MR) is 156 cm³/mol. The van der Waals surface area contributed by atoms with E-state index in [-0.39, 0.29) is 35.4 Å². The Balaban J connectivity index is 3.27. The van der Waals surface area contributed by atoms with Gasteiger partial charge in [-0.15, -0.1) is 0 Å². The number of anilines is 2. The fraction of sp³-hybridized carbons (Fsp3) is 0.621. The van der Waals surface area contributed by atoms with Gasteiger partial charge in [0.25, 0.3) is 0 Å². The molecule has 0 saturated heterocycles. The number of hydrogen-bond donors (Lipinski definition) is 4. The highest BCUT2D eigenvalue weighted by Gasteiger charge is 2.29. The molecule has 0 aliphatic rings. The van der Waals surface area contributed by atoms with Gasteiger partial charge in [0.15, 0.2) is 0 Å². The fourth-order valence-corrected chi connectivity index (χ4v) is 3.48. The summed E-state index contributed by atoms with van der Waals surface area (Å²) < 4.78 is 15.7. The smallest absolute Gasteiger partial charge is 0.408 e. The third-order valence-electron chi connectivity index (χ3n) is 5.22. The van der Waals surface area contributed by atoms with E-state index in [0.717, 1.165) is 0 Å². The van der Waals surface area contributed by atoms with E-state index in [1.54, 1.807) is 76.2 Å². The number of hydrogen-bond acceptors (Lipinski definition) is 8. The van der Waals surface area contributed by atoms with Crippen LogP contribution in [0, 0.1) is 11.8 Å². The van der Waals surface area contributed by atoms with Crippen LogP contribution in [0.4, 0.5) is 21.0 Å². The Kier molecular flexibility index (Phi) is 12.6. The van der Waals surface area contributed by atoms with Crippen molar-refractivity contribution in [2.24, 2.45) is 11.8 Å². The van der Waals surface area contributed by atoms with Crippen molar-refractivity contribution in [3.63, 3.8) is 0 Å². The first-order valence-electron chi connectivity index (χ1n) is 13.6. The Hall–Kier alpha value is -3.83.